The van der Waals surface area contributed by atoms with Crippen LogP contribution in [0, 0.1) is 0 Å². The first-order valence-electron chi connectivity index (χ1n) is 5.48. The molecule has 0 bridgehead atoms. The van der Waals surface area contributed by atoms with Crippen molar-refractivity contribution >= 4 is 5.91 Å². The lowest BCUT2D eigenvalue weighted by Gasteiger charge is -2.08. The quantitative estimate of drug-likeness (QED) is 0.611. The molecule has 0 aliphatic carbocycles. The molecule has 1 amide bonds. The third-order valence-corrected chi connectivity index (χ3v) is 1.91. The number of halogens is 3. The lowest BCUT2D eigenvalue weighted by molar-refractivity contribution is -0.175. The first-order valence-corrected chi connectivity index (χ1v) is 5.48. The maximum atomic E-state index is 11.7. The number of carbonyl (C=O) groups excluding carboxylic acids is 1. The van der Waals surface area contributed by atoms with Crippen LogP contribution in [0.5, 0.6) is 0 Å². The monoisotopic (exact) mass is 257 g/mol. The van der Waals surface area contributed by atoms with Crippen LogP contribution in [0.1, 0.15) is 25.7 Å². The molecule has 0 atom stereocenters. The van der Waals surface area contributed by atoms with Crippen molar-refractivity contribution in [1.82, 2.24) is 5.32 Å². The summed E-state index contributed by atoms with van der Waals surface area (Å²) in [6, 6.07) is 0. The fraction of sp³-hybridized carbons (Fsp3) is 0.900. The lowest BCUT2D eigenvalue weighted by atomic mass is 10.2. The molecule has 0 aliphatic rings. The van der Waals surface area contributed by atoms with Gasteiger partial charge in [0.05, 0.1) is 0 Å². The van der Waals surface area contributed by atoms with Gasteiger partial charge in [0.1, 0.15) is 13.2 Å². The summed E-state index contributed by atoms with van der Waals surface area (Å²) in [5.41, 5.74) is 0. The molecule has 0 aromatic heterocycles. The normalized spacial score (nSPS) is 11.5. The highest BCUT2D eigenvalue weighted by Crippen LogP contribution is 2.13. The maximum Gasteiger partial charge on any atom is 0.411 e. The molecular weight excluding hydrogens is 239 g/mol. The van der Waals surface area contributed by atoms with Gasteiger partial charge in [-0.15, -0.1) is 0 Å². The maximum absolute atomic E-state index is 11.7. The van der Waals surface area contributed by atoms with Gasteiger partial charge in [0.15, 0.2) is 0 Å². The standard InChI is InChI=1S/C10H18F3NO3/c11-10(12,13)8-17-7-9(16)14-5-3-1-2-4-6-15/h15H,1-8H2,(H,14,16). The summed E-state index contributed by atoms with van der Waals surface area (Å²) in [6.07, 6.45) is -1.20. The van der Waals surface area contributed by atoms with E-state index in [9.17, 15) is 18.0 Å². The molecule has 0 aromatic carbocycles. The van der Waals surface area contributed by atoms with Crippen LogP contribution in [0.25, 0.3) is 0 Å². The van der Waals surface area contributed by atoms with E-state index in [2.05, 4.69) is 10.1 Å². The molecule has 102 valence electrons. The zero-order chi connectivity index (χ0) is 13.1. The number of hydrogen-bond donors (Lipinski definition) is 2. The molecule has 0 aliphatic heterocycles. The van der Waals surface area contributed by atoms with Crippen LogP contribution in [0.2, 0.25) is 0 Å². The second kappa shape index (κ2) is 9.23. The highest BCUT2D eigenvalue weighted by molar-refractivity contribution is 5.77. The molecule has 17 heavy (non-hydrogen) atoms. The van der Waals surface area contributed by atoms with E-state index in [0.717, 1.165) is 25.7 Å². The third-order valence-electron chi connectivity index (χ3n) is 1.91. The minimum absolute atomic E-state index is 0.150. The number of unbranched alkanes of at least 4 members (excludes halogenated alkanes) is 3. The van der Waals surface area contributed by atoms with E-state index in [0.29, 0.717) is 6.54 Å². The Balaban J connectivity index is 3.29. The highest BCUT2D eigenvalue weighted by atomic mass is 19.4. The van der Waals surface area contributed by atoms with Crippen molar-refractivity contribution in [3.05, 3.63) is 0 Å². The molecule has 0 heterocycles. The average Bonchev–Trinajstić information content (AvgIpc) is 2.21. The molecule has 0 saturated carbocycles. The number of aliphatic hydroxyl groups excluding tert-OH is 1. The van der Waals surface area contributed by atoms with Crippen molar-refractivity contribution < 1.29 is 27.8 Å². The number of carbonyl (C=O) groups is 1. The van der Waals surface area contributed by atoms with Crippen LogP contribution in [-0.4, -0.2) is 43.6 Å². The summed E-state index contributed by atoms with van der Waals surface area (Å²) in [7, 11) is 0. The molecule has 0 unspecified atom stereocenters. The Kier molecular flexibility index (Phi) is 8.79. The number of rotatable bonds is 9. The number of ether oxygens (including phenoxy) is 1. The summed E-state index contributed by atoms with van der Waals surface area (Å²) in [6.45, 7) is -1.41. The van der Waals surface area contributed by atoms with E-state index in [1.165, 1.54) is 0 Å². The van der Waals surface area contributed by atoms with Gasteiger partial charge in [-0.05, 0) is 12.8 Å². The van der Waals surface area contributed by atoms with Crippen molar-refractivity contribution in [2.24, 2.45) is 0 Å². The van der Waals surface area contributed by atoms with Gasteiger partial charge in [-0.3, -0.25) is 4.79 Å². The van der Waals surface area contributed by atoms with Crippen LogP contribution >= 0.6 is 0 Å². The number of aliphatic hydroxyl groups is 1. The predicted octanol–water partition coefficient (Wildman–Crippen LogP) is 1.23. The van der Waals surface area contributed by atoms with Gasteiger partial charge in [-0.1, -0.05) is 12.8 Å². The molecule has 0 radical (unpaired) electrons. The van der Waals surface area contributed by atoms with Gasteiger partial charge in [-0.2, -0.15) is 13.2 Å². The lowest BCUT2D eigenvalue weighted by Crippen LogP contribution is -2.30. The molecule has 0 rings (SSSR count). The first kappa shape index (κ1) is 16.2. The summed E-state index contributed by atoms with van der Waals surface area (Å²) in [4.78, 5) is 11.0. The van der Waals surface area contributed by atoms with Gasteiger partial charge < -0.3 is 15.2 Å². The van der Waals surface area contributed by atoms with Crippen molar-refractivity contribution in [3.63, 3.8) is 0 Å². The van der Waals surface area contributed by atoms with Crippen molar-refractivity contribution in [3.8, 4) is 0 Å². The Morgan fingerprint density at radius 1 is 1.18 bits per heavy atom. The molecule has 0 saturated heterocycles. The summed E-state index contributed by atoms with van der Waals surface area (Å²) < 4.78 is 39.1. The van der Waals surface area contributed by atoms with Crippen molar-refractivity contribution in [2.75, 3.05) is 26.4 Å². The Hall–Kier alpha value is -0.820. The molecule has 0 aromatic rings. The van der Waals surface area contributed by atoms with Crippen molar-refractivity contribution in [2.45, 2.75) is 31.9 Å². The van der Waals surface area contributed by atoms with Gasteiger partial charge in [-0.25, -0.2) is 0 Å². The molecule has 4 nitrogen and oxygen atoms in total. The minimum Gasteiger partial charge on any atom is -0.396 e. The number of alkyl halides is 3. The van der Waals surface area contributed by atoms with Crippen LogP contribution in [0.3, 0.4) is 0 Å². The summed E-state index contributed by atoms with van der Waals surface area (Å²) in [5, 5.41) is 10.9. The van der Waals surface area contributed by atoms with Crippen LogP contribution < -0.4 is 5.32 Å². The fourth-order valence-corrected chi connectivity index (χ4v) is 1.13. The van der Waals surface area contributed by atoms with Gasteiger partial charge in [0, 0.05) is 13.2 Å². The fourth-order valence-electron chi connectivity index (χ4n) is 1.13. The van der Waals surface area contributed by atoms with E-state index >= 15 is 0 Å². The Labute approximate surface area is 98.1 Å². The van der Waals surface area contributed by atoms with Crippen LogP contribution in [0.15, 0.2) is 0 Å². The van der Waals surface area contributed by atoms with Gasteiger partial charge in [0.25, 0.3) is 0 Å². The zero-order valence-electron chi connectivity index (χ0n) is 9.55. The van der Waals surface area contributed by atoms with E-state index in [-0.39, 0.29) is 6.61 Å². The minimum atomic E-state index is -4.40. The van der Waals surface area contributed by atoms with Gasteiger partial charge >= 0.3 is 6.18 Å². The Bertz CT molecular complexity index is 209. The molecule has 0 spiro atoms. The van der Waals surface area contributed by atoms with Crippen LogP contribution in [0.4, 0.5) is 13.2 Å². The largest absolute Gasteiger partial charge is 0.411 e. The Morgan fingerprint density at radius 3 is 2.41 bits per heavy atom. The molecule has 2 N–H and O–H groups in total. The van der Waals surface area contributed by atoms with E-state index < -0.39 is 25.3 Å². The third kappa shape index (κ3) is 13.1. The topological polar surface area (TPSA) is 58.6 Å². The number of hydrogen-bond acceptors (Lipinski definition) is 3. The number of nitrogens with one attached hydrogen (secondary N) is 1. The number of amides is 1. The van der Waals surface area contributed by atoms with Crippen molar-refractivity contribution in [1.29, 1.82) is 0 Å². The van der Waals surface area contributed by atoms with Gasteiger partial charge in [0.2, 0.25) is 5.91 Å². The predicted molar refractivity (Wildman–Crippen MR) is 55.4 cm³/mol. The zero-order valence-corrected chi connectivity index (χ0v) is 9.55. The summed E-state index contributed by atoms with van der Waals surface area (Å²) in [5.74, 6) is -0.545. The second-order valence-corrected chi connectivity index (χ2v) is 3.60. The smallest absolute Gasteiger partial charge is 0.396 e. The van der Waals surface area contributed by atoms with E-state index in [1.54, 1.807) is 0 Å². The molecular formula is C10H18F3NO3. The highest BCUT2D eigenvalue weighted by Gasteiger charge is 2.27. The second-order valence-electron chi connectivity index (χ2n) is 3.60. The first-order chi connectivity index (χ1) is 7.95. The van der Waals surface area contributed by atoms with E-state index in [1.807, 2.05) is 0 Å². The average molecular weight is 257 g/mol. The Morgan fingerprint density at radius 2 is 1.82 bits per heavy atom. The molecule has 7 heteroatoms. The molecule has 0 fully saturated rings. The summed E-state index contributed by atoms with van der Waals surface area (Å²) >= 11 is 0. The SMILES string of the molecule is O=C(COCC(F)(F)F)NCCCCCCO. The van der Waals surface area contributed by atoms with E-state index in [4.69, 9.17) is 5.11 Å². The van der Waals surface area contributed by atoms with Crippen LogP contribution in [-0.2, 0) is 9.53 Å².